The lowest BCUT2D eigenvalue weighted by Gasteiger charge is -2.15. The topological polar surface area (TPSA) is 20.3 Å². The molecule has 0 aromatic rings. The molecule has 2 heteroatoms. The molecule has 58 valence electrons. The summed E-state index contributed by atoms with van der Waals surface area (Å²) < 4.78 is 0. The number of nitrogens with zero attached hydrogens (tertiary/aromatic N) is 1. The van der Waals surface area contributed by atoms with E-state index in [1.54, 1.807) is 0 Å². The van der Waals surface area contributed by atoms with Crippen molar-refractivity contribution in [1.82, 2.24) is 4.90 Å². The summed E-state index contributed by atoms with van der Waals surface area (Å²) in [7, 11) is 1.84. The van der Waals surface area contributed by atoms with Crippen molar-refractivity contribution >= 4 is 5.78 Å². The van der Waals surface area contributed by atoms with E-state index >= 15 is 0 Å². The van der Waals surface area contributed by atoms with Crippen molar-refractivity contribution in [3.8, 4) is 12.3 Å². The Labute approximate surface area is 66.9 Å². The van der Waals surface area contributed by atoms with Gasteiger partial charge in [-0.25, -0.2) is 0 Å². The number of Topliss-reactive ketones (excluding diaryl/α,β-unsaturated/α-hetero) is 1. The van der Waals surface area contributed by atoms with Crippen molar-refractivity contribution in [3.63, 3.8) is 0 Å². The highest BCUT2D eigenvalue weighted by Gasteiger charge is 2.17. The Morgan fingerprint density at radius 3 is 3.00 bits per heavy atom. The molecule has 0 unspecified atom stereocenters. The predicted molar refractivity (Wildman–Crippen MR) is 43.8 cm³/mol. The molecule has 1 aliphatic rings. The first-order chi connectivity index (χ1) is 5.25. The third-order valence-electron chi connectivity index (χ3n) is 1.73. The molecule has 2 nitrogen and oxygen atoms in total. The molecule has 0 saturated carbocycles. The van der Waals surface area contributed by atoms with Crippen LogP contribution in [0.3, 0.4) is 0 Å². The fourth-order valence-corrected chi connectivity index (χ4v) is 1.17. The zero-order chi connectivity index (χ0) is 8.27. The summed E-state index contributed by atoms with van der Waals surface area (Å²) in [6.45, 7) is 0.511. The average molecular weight is 149 g/mol. The number of rotatable bonds is 2. The third-order valence-corrected chi connectivity index (χ3v) is 1.73. The SMILES string of the molecule is C#CCN(C)C1=CCCC1=O. The number of hydrogen-bond acceptors (Lipinski definition) is 2. The van der Waals surface area contributed by atoms with Crippen LogP contribution in [-0.2, 0) is 4.79 Å². The van der Waals surface area contributed by atoms with Crippen LogP contribution in [0.1, 0.15) is 12.8 Å². The third kappa shape index (κ3) is 1.62. The Morgan fingerprint density at radius 1 is 1.82 bits per heavy atom. The zero-order valence-electron chi connectivity index (χ0n) is 6.63. The number of carbonyl (C=O) groups excluding carboxylic acids is 1. The van der Waals surface area contributed by atoms with Crippen LogP contribution >= 0.6 is 0 Å². The van der Waals surface area contributed by atoms with Crippen molar-refractivity contribution in [3.05, 3.63) is 11.8 Å². The second-order valence-corrected chi connectivity index (χ2v) is 2.61. The van der Waals surface area contributed by atoms with Gasteiger partial charge in [0.25, 0.3) is 0 Å². The van der Waals surface area contributed by atoms with Gasteiger partial charge in [0.2, 0.25) is 0 Å². The molecule has 0 radical (unpaired) electrons. The molecular formula is C9H11NO. The van der Waals surface area contributed by atoms with E-state index in [0.717, 1.165) is 12.1 Å². The Balaban J connectivity index is 2.61. The number of likely N-dealkylation sites (N-methyl/N-ethyl adjacent to an activating group) is 1. The number of terminal acetylenes is 1. The number of ketones is 1. The molecule has 0 aromatic heterocycles. The van der Waals surface area contributed by atoms with Crippen molar-refractivity contribution in [1.29, 1.82) is 0 Å². The predicted octanol–water partition coefficient (Wildman–Crippen LogP) is 0.798. The quantitative estimate of drug-likeness (QED) is 0.541. The van der Waals surface area contributed by atoms with E-state index in [1.165, 1.54) is 0 Å². The highest BCUT2D eigenvalue weighted by atomic mass is 16.1. The highest BCUT2D eigenvalue weighted by Crippen LogP contribution is 2.15. The summed E-state index contributed by atoms with van der Waals surface area (Å²) in [4.78, 5) is 12.9. The van der Waals surface area contributed by atoms with E-state index in [-0.39, 0.29) is 5.78 Å². The molecule has 11 heavy (non-hydrogen) atoms. The Hall–Kier alpha value is -1.23. The van der Waals surface area contributed by atoms with Gasteiger partial charge in [-0.15, -0.1) is 6.42 Å². The van der Waals surface area contributed by atoms with Gasteiger partial charge in [-0.1, -0.05) is 12.0 Å². The first kappa shape index (κ1) is 7.87. The number of carbonyl (C=O) groups is 1. The van der Waals surface area contributed by atoms with Gasteiger partial charge in [0.15, 0.2) is 5.78 Å². The van der Waals surface area contributed by atoms with Crippen LogP contribution in [0, 0.1) is 12.3 Å². The molecule has 1 aliphatic carbocycles. The second kappa shape index (κ2) is 3.25. The zero-order valence-corrected chi connectivity index (χ0v) is 6.63. The first-order valence-corrected chi connectivity index (χ1v) is 3.63. The summed E-state index contributed by atoms with van der Waals surface area (Å²) in [5.41, 5.74) is 0.781. The van der Waals surface area contributed by atoms with Crippen LogP contribution < -0.4 is 0 Å². The summed E-state index contributed by atoms with van der Waals surface area (Å²) in [6.07, 6.45) is 8.56. The van der Waals surface area contributed by atoms with Gasteiger partial charge in [0.1, 0.15) is 0 Å². The maximum absolute atomic E-state index is 11.1. The van der Waals surface area contributed by atoms with Gasteiger partial charge in [-0.3, -0.25) is 4.79 Å². The van der Waals surface area contributed by atoms with Gasteiger partial charge in [0.05, 0.1) is 12.2 Å². The molecule has 0 N–H and O–H groups in total. The molecular weight excluding hydrogens is 138 g/mol. The first-order valence-electron chi connectivity index (χ1n) is 3.63. The van der Waals surface area contributed by atoms with Crippen LogP contribution in [0.2, 0.25) is 0 Å². The fraction of sp³-hybridized carbons (Fsp3) is 0.444. The van der Waals surface area contributed by atoms with E-state index < -0.39 is 0 Å². The Bertz CT molecular complexity index is 234. The van der Waals surface area contributed by atoms with E-state index in [2.05, 4.69) is 5.92 Å². The maximum atomic E-state index is 11.1. The minimum absolute atomic E-state index is 0.211. The molecule has 0 spiro atoms. The molecule has 0 atom stereocenters. The van der Waals surface area contributed by atoms with Gasteiger partial charge in [0, 0.05) is 13.5 Å². The molecule has 0 fully saturated rings. The molecule has 0 heterocycles. The molecule has 0 saturated heterocycles. The molecule has 1 rings (SSSR count). The van der Waals surface area contributed by atoms with Crippen molar-refractivity contribution in [2.45, 2.75) is 12.8 Å². The van der Waals surface area contributed by atoms with Crippen LogP contribution in [0.15, 0.2) is 11.8 Å². The number of hydrogen-bond donors (Lipinski definition) is 0. The molecule has 0 amide bonds. The van der Waals surface area contributed by atoms with Crippen LogP contribution in [-0.4, -0.2) is 24.3 Å². The Morgan fingerprint density at radius 2 is 2.55 bits per heavy atom. The van der Waals surface area contributed by atoms with Gasteiger partial charge in [-0.2, -0.15) is 0 Å². The smallest absolute Gasteiger partial charge is 0.178 e. The normalized spacial score (nSPS) is 16.0. The Kier molecular flexibility index (Phi) is 2.32. The monoisotopic (exact) mass is 149 g/mol. The average Bonchev–Trinajstić information content (AvgIpc) is 2.36. The van der Waals surface area contributed by atoms with E-state index in [4.69, 9.17) is 6.42 Å². The van der Waals surface area contributed by atoms with Crippen molar-refractivity contribution in [2.24, 2.45) is 0 Å². The molecule has 0 aromatic carbocycles. The summed E-state index contributed by atoms with van der Waals surface area (Å²) in [5.74, 6) is 2.71. The van der Waals surface area contributed by atoms with E-state index in [0.29, 0.717) is 13.0 Å². The lowest BCUT2D eigenvalue weighted by Crippen LogP contribution is -2.21. The van der Waals surface area contributed by atoms with Crippen molar-refractivity contribution in [2.75, 3.05) is 13.6 Å². The van der Waals surface area contributed by atoms with Gasteiger partial charge in [-0.05, 0) is 6.42 Å². The van der Waals surface area contributed by atoms with Crippen LogP contribution in [0.4, 0.5) is 0 Å². The largest absolute Gasteiger partial charge is 0.361 e. The lowest BCUT2D eigenvalue weighted by atomic mass is 10.3. The summed E-state index contributed by atoms with van der Waals surface area (Å²) in [5, 5.41) is 0. The minimum atomic E-state index is 0.211. The highest BCUT2D eigenvalue weighted by molar-refractivity contribution is 5.96. The van der Waals surface area contributed by atoms with Crippen LogP contribution in [0.5, 0.6) is 0 Å². The van der Waals surface area contributed by atoms with Gasteiger partial charge >= 0.3 is 0 Å². The maximum Gasteiger partial charge on any atom is 0.178 e. The summed E-state index contributed by atoms with van der Waals surface area (Å²) >= 11 is 0. The number of allylic oxidation sites excluding steroid dienone is 2. The van der Waals surface area contributed by atoms with Crippen LogP contribution in [0.25, 0.3) is 0 Å². The van der Waals surface area contributed by atoms with E-state index in [9.17, 15) is 4.79 Å². The lowest BCUT2D eigenvalue weighted by molar-refractivity contribution is -0.116. The minimum Gasteiger partial charge on any atom is -0.361 e. The standard InChI is InChI=1S/C9H11NO/c1-3-7-10(2)8-5-4-6-9(8)11/h1,5H,4,6-7H2,2H3. The van der Waals surface area contributed by atoms with Crippen molar-refractivity contribution < 1.29 is 4.79 Å². The van der Waals surface area contributed by atoms with E-state index in [1.807, 2.05) is 18.0 Å². The summed E-state index contributed by atoms with van der Waals surface area (Å²) in [6, 6.07) is 0. The second-order valence-electron chi connectivity index (χ2n) is 2.61. The fourth-order valence-electron chi connectivity index (χ4n) is 1.17. The van der Waals surface area contributed by atoms with Gasteiger partial charge < -0.3 is 4.90 Å². The molecule has 0 aliphatic heterocycles. The molecule has 0 bridgehead atoms.